The molecule has 0 radical (unpaired) electrons. The number of amides is 2. The summed E-state index contributed by atoms with van der Waals surface area (Å²) in [5, 5.41) is 9.07. The largest absolute Gasteiger partial charge is 0.355 e. The van der Waals surface area contributed by atoms with Crippen molar-refractivity contribution in [2.75, 3.05) is 19.4 Å². The molecule has 42 heavy (non-hydrogen) atoms. The van der Waals surface area contributed by atoms with Gasteiger partial charge in [0, 0.05) is 29.9 Å². The van der Waals surface area contributed by atoms with Crippen molar-refractivity contribution < 1.29 is 14.0 Å². The van der Waals surface area contributed by atoms with Crippen LogP contribution >= 0.6 is 0 Å². The molecule has 3 N–H and O–H groups in total. The van der Waals surface area contributed by atoms with E-state index in [0.717, 1.165) is 27.7 Å². The Kier molecular flexibility index (Phi) is 8.04. The second kappa shape index (κ2) is 11.8. The number of benzene rings is 3. The number of aromatic nitrogens is 2. The number of nitrogens with one attached hydrogen (secondary N) is 3. The van der Waals surface area contributed by atoms with Gasteiger partial charge >= 0.3 is 0 Å². The van der Waals surface area contributed by atoms with Crippen molar-refractivity contribution in [1.29, 1.82) is 0 Å². The fraction of sp³-hybridized carbons (Fsp3) is 0.182. The molecule has 0 bridgehead atoms. The Morgan fingerprint density at radius 3 is 2.50 bits per heavy atom. The summed E-state index contributed by atoms with van der Waals surface area (Å²) in [4.78, 5) is 38.8. The van der Waals surface area contributed by atoms with Gasteiger partial charge in [0.05, 0.1) is 23.8 Å². The lowest BCUT2D eigenvalue weighted by molar-refractivity contribution is -0.117. The Morgan fingerprint density at radius 2 is 1.74 bits per heavy atom. The first kappa shape index (κ1) is 28.5. The second-order valence-electron chi connectivity index (χ2n) is 10.2. The van der Waals surface area contributed by atoms with Gasteiger partial charge in [-0.3, -0.25) is 14.4 Å². The minimum absolute atomic E-state index is 0.151. The fourth-order valence-corrected chi connectivity index (χ4v) is 4.99. The van der Waals surface area contributed by atoms with Gasteiger partial charge in [0.2, 0.25) is 5.91 Å². The molecule has 5 rings (SSSR count). The maximum Gasteiger partial charge on any atom is 0.275 e. The third kappa shape index (κ3) is 5.59. The summed E-state index contributed by atoms with van der Waals surface area (Å²) in [6, 6.07) is 22.4. The molecule has 2 amide bonds. The molecule has 1 atom stereocenters. The lowest BCUT2D eigenvalue weighted by Gasteiger charge is -2.18. The van der Waals surface area contributed by atoms with Gasteiger partial charge in [-0.05, 0) is 92.2 Å². The van der Waals surface area contributed by atoms with Crippen molar-refractivity contribution in [3.63, 3.8) is 0 Å². The van der Waals surface area contributed by atoms with Gasteiger partial charge in [0.25, 0.3) is 11.5 Å². The molecule has 0 saturated heterocycles. The predicted octanol–water partition coefficient (Wildman–Crippen LogP) is 4.86. The van der Waals surface area contributed by atoms with Crippen LogP contribution in [0.5, 0.6) is 0 Å². The molecule has 2 heterocycles. The molecule has 1 unspecified atom stereocenters. The Labute approximate surface area is 242 Å². The van der Waals surface area contributed by atoms with Crippen LogP contribution in [0, 0.1) is 12.7 Å². The monoisotopic (exact) mass is 565 g/mol. The van der Waals surface area contributed by atoms with Gasteiger partial charge in [0.15, 0.2) is 0 Å². The topological polar surface area (TPSA) is 97.2 Å². The van der Waals surface area contributed by atoms with E-state index in [1.807, 2.05) is 48.0 Å². The van der Waals surface area contributed by atoms with Crippen LogP contribution in [-0.2, 0) is 11.3 Å². The zero-order valence-electron chi connectivity index (χ0n) is 23.9. The Morgan fingerprint density at radius 1 is 0.952 bits per heavy atom. The number of hydrogen-bond donors (Lipinski definition) is 3. The number of halogens is 1. The van der Waals surface area contributed by atoms with Crippen molar-refractivity contribution in [3.8, 4) is 16.9 Å². The van der Waals surface area contributed by atoms with Gasteiger partial charge in [0.1, 0.15) is 11.5 Å². The summed E-state index contributed by atoms with van der Waals surface area (Å²) >= 11 is 0. The average Bonchev–Trinajstić information content (AvgIpc) is 3.33. The number of carbonyl (C=O) groups excluding carboxylic acids is 2. The zero-order valence-corrected chi connectivity index (χ0v) is 23.9. The van der Waals surface area contributed by atoms with E-state index < -0.39 is 6.04 Å². The van der Waals surface area contributed by atoms with Crippen molar-refractivity contribution >= 4 is 28.4 Å². The first-order valence-corrected chi connectivity index (χ1v) is 13.6. The number of aryl methyl sites for hydroxylation is 1. The van der Waals surface area contributed by atoms with Crippen molar-refractivity contribution in [2.45, 2.75) is 26.4 Å². The van der Waals surface area contributed by atoms with Gasteiger partial charge in [-0.2, -0.15) is 0 Å². The molecule has 0 aliphatic heterocycles. The van der Waals surface area contributed by atoms with Crippen molar-refractivity contribution in [3.05, 3.63) is 118 Å². The van der Waals surface area contributed by atoms with Crippen LogP contribution in [0.25, 0.3) is 27.8 Å². The highest BCUT2D eigenvalue weighted by Gasteiger charge is 2.17. The Balaban J connectivity index is 1.60. The second-order valence-corrected chi connectivity index (χ2v) is 10.2. The number of carbonyl (C=O) groups is 2. The van der Waals surface area contributed by atoms with Gasteiger partial charge in [-0.1, -0.05) is 24.3 Å². The van der Waals surface area contributed by atoms with Gasteiger partial charge < -0.3 is 25.1 Å². The lowest BCUT2D eigenvalue weighted by atomic mass is 10.1. The molecule has 0 fully saturated rings. The normalized spacial score (nSPS) is 11.8. The summed E-state index contributed by atoms with van der Waals surface area (Å²) in [6.07, 6.45) is 1.96. The highest BCUT2D eigenvalue weighted by molar-refractivity contribution is 5.96. The first-order valence-electron chi connectivity index (χ1n) is 13.6. The quantitative estimate of drug-likeness (QED) is 0.250. The van der Waals surface area contributed by atoms with Crippen LogP contribution in [0.1, 0.15) is 28.4 Å². The third-order valence-corrected chi connectivity index (χ3v) is 7.40. The molecule has 0 saturated carbocycles. The molecule has 0 aliphatic carbocycles. The van der Waals surface area contributed by atoms with Crippen molar-refractivity contribution in [1.82, 2.24) is 19.8 Å². The van der Waals surface area contributed by atoms with E-state index >= 15 is 0 Å². The molecule has 214 valence electrons. The van der Waals surface area contributed by atoms with E-state index in [2.05, 4.69) is 16.0 Å². The highest BCUT2D eigenvalue weighted by Crippen LogP contribution is 2.27. The lowest BCUT2D eigenvalue weighted by Crippen LogP contribution is -2.37. The van der Waals surface area contributed by atoms with Crippen LogP contribution in [-0.4, -0.2) is 41.1 Å². The van der Waals surface area contributed by atoms with E-state index in [1.54, 1.807) is 62.0 Å². The van der Waals surface area contributed by atoms with E-state index in [9.17, 15) is 18.8 Å². The summed E-state index contributed by atoms with van der Waals surface area (Å²) in [5.74, 6) is -0.859. The van der Waals surface area contributed by atoms with E-state index in [1.165, 1.54) is 12.1 Å². The molecule has 3 aromatic carbocycles. The molecule has 0 aliphatic rings. The number of pyridine rings is 1. The van der Waals surface area contributed by atoms with E-state index in [4.69, 9.17) is 0 Å². The fourth-order valence-electron chi connectivity index (χ4n) is 4.99. The Bertz CT molecular complexity index is 1870. The third-order valence-electron chi connectivity index (χ3n) is 7.40. The number of nitrogens with zero attached hydrogens (tertiary/aromatic N) is 2. The number of likely N-dealkylation sites (N-methyl/N-ethyl adjacent to an activating group) is 1. The van der Waals surface area contributed by atoms with Gasteiger partial charge in [-0.25, -0.2) is 4.39 Å². The molecule has 0 spiro atoms. The summed E-state index contributed by atoms with van der Waals surface area (Å²) in [6.45, 7) is 3.85. The predicted molar refractivity (Wildman–Crippen MR) is 164 cm³/mol. The maximum atomic E-state index is 13.9. The van der Waals surface area contributed by atoms with E-state index in [-0.39, 0.29) is 35.4 Å². The number of hydrogen-bond acceptors (Lipinski definition) is 4. The number of fused-ring (bicyclic) bond motifs is 1. The minimum Gasteiger partial charge on any atom is -0.355 e. The van der Waals surface area contributed by atoms with Crippen LogP contribution in [0.2, 0.25) is 0 Å². The average molecular weight is 566 g/mol. The highest BCUT2D eigenvalue weighted by atomic mass is 19.1. The van der Waals surface area contributed by atoms with Crippen LogP contribution in [0.4, 0.5) is 10.1 Å². The molecule has 2 aromatic heterocycles. The SMILES string of the molecule is CNC(=O)c1cccc(-c2ccc(NC(=O)C(C)NC)c(=O)n2Cc2cccc(-n3cc(C)c4cc(F)ccc43)c2)c1. The summed E-state index contributed by atoms with van der Waals surface area (Å²) in [7, 11) is 3.23. The molecule has 5 aromatic rings. The smallest absolute Gasteiger partial charge is 0.275 e. The zero-order chi connectivity index (χ0) is 30.0. The van der Waals surface area contributed by atoms with Gasteiger partial charge in [-0.15, -0.1) is 0 Å². The number of rotatable bonds is 8. The molecule has 8 nitrogen and oxygen atoms in total. The minimum atomic E-state index is -0.494. The summed E-state index contributed by atoms with van der Waals surface area (Å²) < 4.78 is 17.5. The Hall–Kier alpha value is -5.02. The van der Waals surface area contributed by atoms with Crippen LogP contribution in [0.15, 0.2) is 89.9 Å². The molecule has 9 heteroatoms. The molecular formula is C33H32FN5O3. The number of anilines is 1. The maximum absolute atomic E-state index is 13.9. The van der Waals surface area contributed by atoms with Crippen molar-refractivity contribution in [2.24, 2.45) is 0 Å². The standard InChI is InChI=1S/C33H32FN5O3/c1-20-18-38(30-13-11-25(34)17-27(20)30)26-10-5-7-22(15-26)19-39-29(23-8-6-9-24(16-23)32(41)36-4)14-12-28(33(39)42)37-31(40)21(2)35-3/h5-18,21,35H,19H2,1-4H3,(H,36,41)(H,37,40). The first-order chi connectivity index (χ1) is 20.2. The molecular weight excluding hydrogens is 533 g/mol. The van der Waals surface area contributed by atoms with Crippen LogP contribution < -0.4 is 21.5 Å². The van der Waals surface area contributed by atoms with E-state index in [0.29, 0.717) is 16.8 Å². The van der Waals surface area contributed by atoms with Crippen LogP contribution in [0.3, 0.4) is 0 Å². The summed E-state index contributed by atoms with van der Waals surface area (Å²) in [5.41, 5.74) is 5.03.